The van der Waals surface area contributed by atoms with Crippen molar-refractivity contribution in [3.05, 3.63) is 176 Å². The molecule has 240 valence electrons. The Morgan fingerprint density at radius 1 is 0.385 bits per heavy atom. The number of nitrogens with zero attached hydrogens (tertiary/aromatic N) is 3. The van der Waals surface area contributed by atoms with Crippen molar-refractivity contribution in [1.29, 1.82) is 0 Å². The quantitative estimate of drug-likeness (QED) is 0.185. The van der Waals surface area contributed by atoms with Crippen LogP contribution in [0.1, 0.15) is 0 Å². The standard InChI is InChI=1S/C49H29N3/c1-2-11-33(12-3-1)51-43-17-9-8-15-36(43)41-28-31(19-23-45(41)51)32-20-24-46-42(29-32)39-21-18-30-10-4-5-13-34(30)49(39)52(46)44-25-22-37-35-14-6-7-16-38(35)48-47(37)40(44)26-27-50-48/h1-29H. The van der Waals surface area contributed by atoms with E-state index >= 15 is 0 Å². The largest absolute Gasteiger partial charge is 0.309 e. The van der Waals surface area contributed by atoms with Gasteiger partial charge in [0.1, 0.15) is 0 Å². The molecule has 52 heavy (non-hydrogen) atoms. The summed E-state index contributed by atoms with van der Waals surface area (Å²) in [5.41, 5.74) is 14.4. The highest BCUT2D eigenvalue weighted by atomic mass is 15.0. The third-order valence-corrected chi connectivity index (χ3v) is 11.3. The lowest BCUT2D eigenvalue weighted by molar-refractivity contribution is 1.18. The summed E-state index contributed by atoms with van der Waals surface area (Å²) in [6.07, 6.45) is 1.97. The number of hydrogen-bond donors (Lipinski definition) is 0. The molecule has 0 atom stereocenters. The van der Waals surface area contributed by atoms with E-state index in [4.69, 9.17) is 4.98 Å². The zero-order valence-corrected chi connectivity index (χ0v) is 28.1. The summed E-state index contributed by atoms with van der Waals surface area (Å²) in [6, 6.07) is 62.2. The molecule has 12 rings (SSSR count). The Morgan fingerprint density at radius 3 is 1.90 bits per heavy atom. The summed E-state index contributed by atoms with van der Waals surface area (Å²) in [6.45, 7) is 0. The highest BCUT2D eigenvalue weighted by Gasteiger charge is 2.25. The Labute approximate surface area is 299 Å². The summed E-state index contributed by atoms with van der Waals surface area (Å²) >= 11 is 0. The monoisotopic (exact) mass is 659 g/mol. The molecule has 1 aliphatic carbocycles. The lowest BCUT2D eigenvalue weighted by Gasteiger charge is -2.14. The van der Waals surface area contributed by atoms with Crippen LogP contribution in [0.2, 0.25) is 0 Å². The number of rotatable bonds is 3. The third-order valence-electron chi connectivity index (χ3n) is 11.3. The molecule has 1 aliphatic rings. The average molecular weight is 660 g/mol. The van der Waals surface area contributed by atoms with Crippen LogP contribution >= 0.6 is 0 Å². The molecule has 0 amide bonds. The topological polar surface area (TPSA) is 22.8 Å². The lowest BCUT2D eigenvalue weighted by atomic mass is 10.00. The molecule has 3 aromatic heterocycles. The van der Waals surface area contributed by atoms with Crippen LogP contribution in [0.3, 0.4) is 0 Å². The van der Waals surface area contributed by atoms with E-state index < -0.39 is 0 Å². The summed E-state index contributed by atoms with van der Waals surface area (Å²) in [5, 5.41) is 9.95. The zero-order valence-electron chi connectivity index (χ0n) is 28.1. The molecule has 0 saturated heterocycles. The molecule has 0 aliphatic heterocycles. The van der Waals surface area contributed by atoms with Crippen molar-refractivity contribution in [3.8, 4) is 44.9 Å². The molecule has 0 spiro atoms. The Kier molecular flexibility index (Phi) is 5.50. The highest BCUT2D eigenvalue weighted by molar-refractivity contribution is 6.22. The molecule has 3 nitrogen and oxygen atoms in total. The predicted octanol–water partition coefficient (Wildman–Crippen LogP) is 12.9. The first kappa shape index (κ1) is 27.8. The van der Waals surface area contributed by atoms with Crippen LogP contribution in [-0.2, 0) is 0 Å². The Hall–Kier alpha value is -6.97. The van der Waals surface area contributed by atoms with Gasteiger partial charge in [-0.05, 0) is 82.2 Å². The molecule has 0 saturated carbocycles. The summed E-state index contributed by atoms with van der Waals surface area (Å²) in [5.74, 6) is 0. The van der Waals surface area contributed by atoms with Gasteiger partial charge in [0.15, 0.2) is 0 Å². The number of hydrogen-bond acceptors (Lipinski definition) is 1. The van der Waals surface area contributed by atoms with E-state index in [9.17, 15) is 0 Å². The first-order valence-corrected chi connectivity index (χ1v) is 17.9. The SMILES string of the molecule is c1ccc(-n2c3ccccc3c3cc(-c4ccc5c(c4)c4ccc6ccccc6c4n5-c4ccc5c6c(nccc46)-c4ccccc4-5)ccc32)cc1. The normalized spacial score (nSPS) is 12.2. The molecule has 0 N–H and O–H groups in total. The van der Waals surface area contributed by atoms with E-state index in [1.807, 2.05) is 6.20 Å². The van der Waals surface area contributed by atoms with Crippen LogP contribution in [0.5, 0.6) is 0 Å². The Bertz CT molecular complexity index is 3260. The Morgan fingerprint density at radius 2 is 1.06 bits per heavy atom. The average Bonchev–Trinajstić information content (AvgIpc) is 3.85. The predicted molar refractivity (Wildman–Crippen MR) is 218 cm³/mol. The van der Waals surface area contributed by atoms with Crippen LogP contribution in [-0.4, -0.2) is 14.1 Å². The minimum atomic E-state index is 1.07. The van der Waals surface area contributed by atoms with Crippen LogP contribution < -0.4 is 0 Å². The molecule has 3 heteroatoms. The van der Waals surface area contributed by atoms with E-state index in [1.165, 1.54) is 104 Å². The van der Waals surface area contributed by atoms with Crippen molar-refractivity contribution in [3.63, 3.8) is 0 Å². The van der Waals surface area contributed by atoms with Crippen molar-refractivity contribution in [1.82, 2.24) is 14.1 Å². The summed E-state index contributed by atoms with van der Waals surface area (Å²) in [7, 11) is 0. The van der Waals surface area contributed by atoms with Gasteiger partial charge >= 0.3 is 0 Å². The minimum absolute atomic E-state index is 1.07. The lowest BCUT2D eigenvalue weighted by Crippen LogP contribution is -1.97. The zero-order chi connectivity index (χ0) is 33.9. The second-order valence-electron chi connectivity index (χ2n) is 13.9. The summed E-state index contributed by atoms with van der Waals surface area (Å²) in [4.78, 5) is 4.91. The van der Waals surface area contributed by atoms with E-state index in [1.54, 1.807) is 0 Å². The van der Waals surface area contributed by atoms with E-state index in [-0.39, 0.29) is 0 Å². The maximum Gasteiger partial charge on any atom is 0.0793 e. The first-order valence-electron chi connectivity index (χ1n) is 17.9. The van der Waals surface area contributed by atoms with Gasteiger partial charge in [0.2, 0.25) is 0 Å². The van der Waals surface area contributed by atoms with Gasteiger partial charge in [-0.25, -0.2) is 0 Å². The smallest absolute Gasteiger partial charge is 0.0793 e. The van der Waals surface area contributed by atoms with E-state index in [0.29, 0.717) is 0 Å². The molecule has 0 radical (unpaired) electrons. The minimum Gasteiger partial charge on any atom is -0.309 e. The van der Waals surface area contributed by atoms with Crippen LogP contribution in [0.25, 0.3) is 110 Å². The first-order chi connectivity index (χ1) is 25.8. The van der Waals surface area contributed by atoms with Gasteiger partial charge in [0.25, 0.3) is 0 Å². The van der Waals surface area contributed by atoms with Gasteiger partial charge in [-0.1, -0.05) is 115 Å². The van der Waals surface area contributed by atoms with Gasteiger partial charge in [-0.3, -0.25) is 4.98 Å². The number of para-hydroxylation sites is 2. The van der Waals surface area contributed by atoms with E-state index in [0.717, 1.165) is 5.69 Å². The number of benzene rings is 8. The van der Waals surface area contributed by atoms with Crippen LogP contribution in [0.4, 0.5) is 0 Å². The van der Waals surface area contributed by atoms with Gasteiger partial charge in [0, 0.05) is 55.2 Å². The van der Waals surface area contributed by atoms with E-state index in [2.05, 4.69) is 179 Å². The fraction of sp³-hybridized carbons (Fsp3) is 0. The molecule has 0 fully saturated rings. The molecular weight excluding hydrogens is 631 g/mol. The Balaban J connectivity index is 1.12. The van der Waals surface area contributed by atoms with Crippen molar-refractivity contribution < 1.29 is 0 Å². The highest BCUT2D eigenvalue weighted by Crippen LogP contribution is 2.49. The van der Waals surface area contributed by atoms with Crippen molar-refractivity contribution in [2.24, 2.45) is 0 Å². The molecule has 8 aromatic carbocycles. The second-order valence-corrected chi connectivity index (χ2v) is 13.9. The van der Waals surface area contributed by atoms with Gasteiger partial charge in [-0.15, -0.1) is 0 Å². The molecule has 0 bridgehead atoms. The molecule has 11 aromatic rings. The maximum absolute atomic E-state index is 4.91. The van der Waals surface area contributed by atoms with Crippen molar-refractivity contribution in [2.45, 2.75) is 0 Å². The van der Waals surface area contributed by atoms with Crippen LogP contribution in [0.15, 0.2) is 176 Å². The van der Waals surface area contributed by atoms with Crippen molar-refractivity contribution >= 4 is 65.2 Å². The fourth-order valence-corrected chi connectivity index (χ4v) is 9.05. The number of fused-ring (bicyclic) bond motifs is 11. The van der Waals surface area contributed by atoms with Crippen LogP contribution in [0, 0.1) is 0 Å². The maximum atomic E-state index is 4.91. The molecule has 0 unspecified atom stereocenters. The number of pyridine rings is 1. The van der Waals surface area contributed by atoms with Crippen molar-refractivity contribution in [2.75, 3.05) is 0 Å². The van der Waals surface area contributed by atoms with Gasteiger partial charge in [0.05, 0.1) is 33.4 Å². The fourth-order valence-electron chi connectivity index (χ4n) is 9.05. The van der Waals surface area contributed by atoms with Gasteiger partial charge in [-0.2, -0.15) is 0 Å². The molecular formula is C49H29N3. The third kappa shape index (κ3) is 3.66. The second kappa shape index (κ2) is 10.3. The molecule has 3 heterocycles. The summed E-state index contributed by atoms with van der Waals surface area (Å²) < 4.78 is 4.88. The number of aromatic nitrogens is 3. The van der Waals surface area contributed by atoms with Gasteiger partial charge < -0.3 is 9.13 Å².